The molecule has 3 aromatic rings. The van der Waals surface area contributed by atoms with Crippen molar-refractivity contribution in [2.24, 2.45) is 0 Å². The molecular weight excluding hydrogens is 350 g/mol. The minimum Gasteiger partial charge on any atom is -0.491 e. The van der Waals surface area contributed by atoms with Crippen LogP contribution in [0.4, 0.5) is 0 Å². The summed E-state index contributed by atoms with van der Waals surface area (Å²) < 4.78 is 11.6. The number of hydrogen-bond donors (Lipinski definition) is 1. The first-order chi connectivity index (χ1) is 13.6. The summed E-state index contributed by atoms with van der Waals surface area (Å²) >= 11 is 0. The van der Waals surface area contributed by atoms with Gasteiger partial charge in [-0.1, -0.05) is 54.6 Å². The molecule has 0 aliphatic rings. The second-order valence-electron chi connectivity index (χ2n) is 6.77. The monoisotopic (exact) mass is 375 g/mol. The fourth-order valence-corrected chi connectivity index (χ4v) is 2.79. The van der Waals surface area contributed by atoms with Crippen molar-refractivity contribution in [2.45, 2.75) is 33.1 Å². The van der Waals surface area contributed by atoms with Gasteiger partial charge in [-0.25, -0.2) is 0 Å². The van der Waals surface area contributed by atoms with Crippen molar-refractivity contribution in [1.82, 2.24) is 5.32 Å². The number of carbonyl (C=O) groups excluding carboxylic acids is 1. The number of rotatable bonds is 8. The average molecular weight is 375 g/mol. The van der Waals surface area contributed by atoms with Crippen molar-refractivity contribution < 1.29 is 14.3 Å². The maximum atomic E-state index is 12.7. The minimum absolute atomic E-state index is 0.110. The molecule has 0 fully saturated rings. The second-order valence-corrected chi connectivity index (χ2v) is 6.77. The highest BCUT2D eigenvalue weighted by atomic mass is 16.5. The van der Waals surface area contributed by atoms with Gasteiger partial charge in [0.1, 0.15) is 18.1 Å². The first-order valence-corrected chi connectivity index (χ1v) is 9.41. The molecule has 28 heavy (non-hydrogen) atoms. The summed E-state index contributed by atoms with van der Waals surface area (Å²) in [5, 5.41) is 2.96. The Morgan fingerprint density at radius 1 is 0.893 bits per heavy atom. The molecule has 0 saturated heterocycles. The molecule has 4 nitrogen and oxygen atoms in total. The number of benzene rings is 3. The molecule has 0 radical (unpaired) electrons. The molecule has 0 aromatic heterocycles. The zero-order valence-corrected chi connectivity index (χ0v) is 16.2. The van der Waals surface area contributed by atoms with Crippen LogP contribution in [0, 0.1) is 0 Å². The van der Waals surface area contributed by atoms with E-state index >= 15 is 0 Å². The van der Waals surface area contributed by atoms with E-state index < -0.39 is 0 Å². The van der Waals surface area contributed by atoms with Gasteiger partial charge in [0.05, 0.1) is 11.7 Å². The highest BCUT2D eigenvalue weighted by Gasteiger charge is 2.12. The Balaban J connectivity index is 1.63. The van der Waals surface area contributed by atoms with Crippen LogP contribution in [-0.2, 0) is 13.2 Å². The van der Waals surface area contributed by atoms with Crippen LogP contribution in [0.3, 0.4) is 0 Å². The molecule has 0 spiro atoms. The second kappa shape index (κ2) is 9.60. The van der Waals surface area contributed by atoms with Crippen LogP contribution in [0.5, 0.6) is 11.5 Å². The van der Waals surface area contributed by atoms with Crippen LogP contribution >= 0.6 is 0 Å². The number of hydrogen-bond acceptors (Lipinski definition) is 3. The van der Waals surface area contributed by atoms with E-state index in [1.165, 1.54) is 0 Å². The van der Waals surface area contributed by atoms with E-state index in [2.05, 4.69) is 5.32 Å². The largest absolute Gasteiger partial charge is 0.491 e. The van der Waals surface area contributed by atoms with Crippen LogP contribution in [0.15, 0.2) is 78.9 Å². The maximum absolute atomic E-state index is 12.7. The first kappa shape index (κ1) is 19.5. The molecule has 0 bridgehead atoms. The van der Waals surface area contributed by atoms with E-state index in [0.29, 0.717) is 24.5 Å². The highest BCUT2D eigenvalue weighted by molar-refractivity contribution is 5.96. The van der Waals surface area contributed by atoms with Gasteiger partial charge in [0.25, 0.3) is 5.91 Å². The lowest BCUT2D eigenvalue weighted by molar-refractivity contribution is 0.0946. The van der Waals surface area contributed by atoms with E-state index in [0.717, 1.165) is 16.9 Å². The number of para-hydroxylation sites is 1. The highest BCUT2D eigenvalue weighted by Crippen LogP contribution is 2.20. The topological polar surface area (TPSA) is 47.6 Å². The first-order valence-electron chi connectivity index (χ1n) is 9.41. The number of carbonyl (C=O) groups is 1. The van der Waals surface area contributed by atoms with Crippen molar-refractivity contribution >= 4 is 5.91 Å². The summed E-state index contributed by atoms with van der Waals surface area (Å²) in [7, 11) is 0. The normalized spacial score (nSPS) is 10.5. The van der Waals surface area contributed by atoms with Crippen LogP contribution in [0.2, 0.25) is 0 Å². The van der Waals surface area contributed by atoms with Crippen molar-refractivity contribution in [3.63, 3.8) is 0 Å². The van der Waals surface area contributed by atoms with Gasteiger partial charge in [-0.15, -0.1) is 0 Å². The molecule has 0 saturated carbocycles. The summed E-state index contributed by atoms with van der Waals surface area (Å²) in [6.07, 6.45) is 0.110. The number of ether oxygens (including phenoxy) is 2. The third kappa shape index (κ3) is 5.61. The summed E-state index contributed by atoms with van der Waals surface area (Å²) in [5.41, 5.74) is 2.56. The van der Waals surface area contributed by atoms with Crippen LogP contribution in [0.1, 0.15) is 35.3 Å². The van der Waals surface area contributed by atoms with Gasteiger partial charge in [0.15, 0.2) is 0 Å². The Morgan fingerprint density at radius 2 is 1.61 bits per heavy atom. The van der Waals surface area contributed by atoms with Gasteiger partial charge in [-0.05, 0) is 49.2 Å². The Labute approximate surface area is 166 Å². The molecule has 4 heteroatoms. The van der Waals surface area contributed by atoms with Crippen molar-refractivity contribution in [1.29, 1.82) is 0 Å². The maximum Gasteiger partial charge on any atom is 0.255 e. The lowest BCUT2D eigenvalue weighted by atomic mass is 10.1. The molecule has 1 amide bonds. The number of nitrogens with one attached hydrogen (secondary N) is 1. The lowest BCUT2D eigenvalue weighted by Crippen LogP contribution is -2.23. The number of amides is 1. The van der Waals surface area contributed by atoms with E-state index in [-0.39, 0.29) is 12.0 Å². The van der Waals surface area contributed by atoms with Gasteiger partial charge in [-0.3, -0.25) is 4.79 Å². The molecule has 3 aromatic carbocycles. The zero-order chi connectivity index (χ0) is 19.8. The smallest absolute Gasteiger partial charge is 0.255 e. The Bertz CT molecular complexity index is 906. The van der Waals surface area contributed by atoms with Gasteiger partial charge in [-0.2, -0.15) is 0 Å². The molecule has 0 aliphatic carbocycles. The lowest BCUT2D eigenvalue weighted by Gasteiger charge is -2.13. The molecule has 0 atom stereocenters. The van der Waals surface area contributed by atoms with Gasteiger partial charge >= 0.3 is 0 Å². The van der Waals surface area contributed by atoms with Crippen molar-refractivity contribution in [2.75, 3.05) is 0 Å². The van der Waals surface area contributed by atoms with Gasteiger partial charge in [0, 0.05) is 6.54 Å². The molecule has 0 heterocycles. The fraction of sp³-hybridized carbons (Fsp3) is 0.208. The molecular formula is C24H25NO3. The average Bonchev–Trinajstić information content (AvgIpc) is 2.71. The van der Waals surface area contributed by atoms with E-state index in [9.17, 15) is 4.79 Å². The predicted molar refractivity (Wildman–Crippen MR) is 111 cm³/mol. The summed E-state index contributed by atoms with van der Waals surface area (Å²) in [5.74, 6) is 1.20. The van der Waals surface area contributed by atoms with Crippen LogP contribution < -0.4 is 14.8 Å². The van der Waals surface area contributed by atoms with E-state index in [1.54, 1.807) is 6.07 Å². The molecule has 0 unspecified atom stereocenters. The Hall–Kier alpha value is -3.27. The van der Waals surface area contributed by atoms with Crippen LogP contribution in [-0.4, -0.2) is 12.0 Å². The molecule has 1 N–H and O–H groups in total. The van der Waals surface area contributed by atoms with E-state index in [4.69, 9.17) is 9.47 Å². The SMILES string of the molecule is CC(C)Oc1cccc(CNC(=O)c2ccccc2OCc2ccccc2)c1. The quantitative estimate of drug-likeness (QED) is 0.604. The Morgan fingerprint density at radius 3 is 2.39 bits per heavy atom. The fourth-order valence-electron chi connectivity index (χ4n) is 2.79. The van der Waals surface area contributed by atoms with Crippen molar-refractivity contribution in [3.05, 3.63) is 95.6 Å². The molecule has 3 rings (SSSR count). The third-order valence-electron chi connectivity index (χ3n) is 4.09. The molecule has 0 aliphatic heterocycles. The summed E-state index contributed by atoms with van der Waals surface area (Å²) in [6, 6.07) is 24.9. The van der Waals surface area contributed by atoms with Crippen LogP contribution in [0.25, 0.3) is 0 Å². The van der Waals surface area contributed by atoms with E-state index in [1.807, 2.05) is 86.6 Å². The summed E-state index contributed by atoms with van der Waals surface area (Å²) in [4.78, 5) is 12.7. The minimum atomic E-state index is -0.168. The Kier molecular flexibility index (Phi) is 6.68. The zero-order valence-electron chi connectivity index (χ0n) is 16.2. The third-order valence-corrected chi connectivity index (χ3v) is 4.09. The van der Waals surface area contributed by atoms with Crippen molar-refractivity contribution in [3.8, 4) is 11.5 Å². The standard InChI is InChI=1S/C24H25NO3/c1-18(2)28-21-12-8-11-20(15-21)16-25-24(26)22-13-6-7-14-23(22)27-17-19-9-4-3-5-10-19/h3-15,18H,16-17H2,1-2H3,(H,25,26). The predicted octanol–water partition coefficient (Wildman–Crippen LogP) is 4.98. The summed E-state index contributed by atoms with van der Waals surface area (Å²) in [6.45, 7) is 4.81. The van der Waals surface area contributed by atoms with Gasteiger partial charge in [0.2, 0.25) is 0 Å². The van der Waals surface area contributed by atoms with Gasteiger partial charge < -0.3 is 14.8 Å². The molecule has 144 valence electrons.